The monoisotopic (exact) mass is 395 g/mol. The summed E-state index contributed by atoms with van der Waals surface area (Å²) in [6, 6.07) is 10.00. The second-order valence-corrected chi connectivity index (χ2v) is 8.05. The Morgan fingerprint density at radius 2 is 2.14 bits per heavy atom. The van der Waals surface area contributed by atoms with E-state index < -0.39 is 12.2 Å². The molecule has 0 saturated carbocycles. The van der Waals surface area contributed by atoms with Crippen molar-refractivity contribution in [2.24, 2.45) is 0 Å². The van der Waals surface area contributed by atoms with Crippen LogP contribution in [-0.4, -0.2) is 65.1 Å². The van der Waals surface area contributed by atoms with Crippen molar-refractivity contribution in [1.29, 1.82) is 5.26 Å². The molecule has 7 heteroatoms. The molecule has 0 radical (unpaired) electrons. The number of piperidine rings is 1. The molecule has 0 spiro atoms. The summed E-state index contributed by atoms with van der Waals surface area (Å²) >= 11 is 0. The molecule has 29 heavy (non-hydrogen) atoms. The summed E-state index contributed by atoms with van der Waals surface area (Å²) in [4.78, 5) is 20.5. The van der Waals surface area contributed by atoms with E-state index in [2.05, 4.69) is 40.3 Å². The smallest absolute Gasteiger partial charge is 0.237 e. The Morgan fingerprint density at radius 1 is 1.34 bits per heavy atom. The predicted octanol–water partition coefficient (Wildman–Crippen LogP) is 2.88. The van der Waals surface area contributed by atoms with Gasteiger partial charge in [0.25, 0.3) is 0 Å². The first-order chi connectivity index (χ1) is 14.0. The van der Waals surface area contributed by atoms with Gasteiger partial charge in [0.2, 0.25) is 5.91 Å². The minimum Gasteiger partial charge on any atom is -0.382 e. The van der Waals surface area contributed by atoms with Crippen LogP contribution in [0.1, 0.15) is 24.8 Å². The maximum atomic E-state index is 13.6. The number of carbonyl (C=O) groups is 1. The Bertz CT molecular complexity index is 934. The number of aryl methyl sites for hydroxylation is 1. The van der Waals surface area contributed by atoms with Crippen molar-refractivity contribution >= 4 is 22.5 Å². The molecule has 1 amide bonds. The fraction of sp³-hybridized carbons (Fsp3) is 0.500. The molecule has 0 bridgehead atoms. The highest BCUT2D eigenvalue weighted by atomic mass is 19.1. The SMILES string of the molecule is Cc1ccc(NC2CCN(CC(=O)N3C[C@@H](F)CC3C#N)CC2)c2cccnc12. The summed E-state index contributed by atoms with van der Waals surface area (Å²) in [5, 5.41) is 13.9. The van der Waals surface area contributed by atoms with E-state index >= 15 is 0 Å². The van der Waals surface area contributed by atoms with Gasteiger partial charge in [-0.15, -0.1) is 0 Å². The highest BCUT2D eigenvalue weighted by Gasteiger charge is 2.36. The van der Waals surface area contributed by atoms with Crippen LogP contribution in [0.15, 0.2) is 30.5 Å². The minimum atomic E-state index is -1.09. The van der Waals surface area contributed by atoms with Crippen LogP contribution in [0.3, 0.4) is 0 Å². The first-order valence-corrected chi connectivity index (χ1v) is 10.2. The molecule has 1 N–H and O–H groups in total. The molecule has 2 aliphatic heterocycles. The molecule has 1 aromatic heterocycles. The van der Waals surface area contributed by atoms with Crippen molar-refractivity contribution in [2.75, 3.05) is 31.5 Å². The first kappa shape index (κ1) is 19.6. The zero-order chi connectivity index (χ0) is 20.4. The fourth-order valence-electron chi connectivity index (χ4n) is 4.36. The number of pyridine rings is 1. The summed E-state index contributed by atoms with van der Waals surface area (Å²) in [6.45, 7) is 3.97. The van der Waals surface area contributed by atoms with Crippen LogP contribution in [0.2, 0.25) is 0 Å². The molecule has 152 valence electrons. The van der Waals surface area contributed by atoms with Gasteiger partial charge in [0.05, 0.1) is 24.7 Å². The number of benzene rings is 1. The predicted molar refractivity (Wildman–Crippen MR) is 110 cm³/mol. The highest BCUT2D eigenvalue weighted by Crippen LogP contribution is 2.27. The molecule has 2 fully saturated rings. The Morgan fingerprint density at radius 3 is 2.90 bits per heavy atom. The first-order valence-electron chi connectivity index (χ1n) is 10.2. The molecule has 3 heterocycles. The van der Waals surface area contributed by atoms with Crippen LogP contribution in [-0.2, 0) is 4.79 Å². The number of nitriles is 1. The maximum absolute atomic E-state index is 13.6. The second-order valence-electron chi connectivity index (χ2n) is 8.05. The molecule has 2 aromatic rings. The van der Waals surface area contributed by atoms with Crippen molar-refractivity contribution < 1.29 is 9.18 Å². The van der Waals surface area contributed by atoms with E-state index in [1.54, 1.807) is 0 Å². The van der Waals surface area contributed by atoms with E-state index in [4.69, 9.17) is 5.26 Å². The quantitative estimate of drug-likeness (QED) is 0.862. The van der Waals surface area contributed by atoms with Crippen LogP contribution >= 0.6 is 0 Å². The highest BCUT2D eigenvalue weighted by molar-refractivity contribution is 5.93. The summed E-state index contributed by atoms with van der Waals surface area (Å²) in [5.41, 5.74) is 3.27. The third kappa shape index (κ3) is 4.18. The van der Waals surface area contributed by atoms with Gasteiger partial charge in [-0.3, -0.25) is 14.7 Å². The maximum Gasteiger partial charge on any atom is 0.237 e. The normalized spacial score (nSPS) is 23.3. The van der Waals surface area contributed by atoms with Crippen molar-refractivity contribution in [3.05, 3.63) is 36.0 Å². The van der Waals surface area contributed by atoms with Crippen molar-refractivity contribution in [1.82, 2.24) is 14.8 Å². The molecule has 1 unspecified atom stereocenters. The van der Waals surface area contributed by atoms with Crippen LogP contribution in [0, 0.1) is 18.3 Å². The van der Waals surface area contributed by atoms with E-state index in [0.717, 1.165) is 48.1 Å². The van der Waals surface area contributed by atoms with E-state index in [9.17, 15) is 9.18 Å². The van der Waals surface area contributed by atoms with Crippen LogP contribution < -0.4 is 5.32 Å². The molecular weight excluding hydrogens is 369 g/mol. The summed E-state index contributed by atoms with van der Waals surface area (Å²) in [5.74, 6) is -0.140. The number of anilines is 1. The van der Waals surface area contributed by atoms with Gasteiger partial charge in [0.1, 0.15) is 12.2 Å². The third-order valence-corrected chi connectivity index (χ3v) is 6.00. The Labute approximate surface area is 170 Å². The van der Waals surface area contributed by atoms with Gasteiger partial charge in [0, 0.05) is 42.8 Å². The number of hydrogen-bond acceptors (Lipinski definition) is 5. The third-order valence-electron chi connectivity index (χ3n) is 6.00. The molecule has 0 aliphatic carbocycles. The second kappa shape index (κ2) is 8.34. The molecule has 2 atom stereocenters. The number of fused-ring (bicyclic) bond motifs is 1. The fourth-order valence-corrected chi connectivity index (χ4v) is 4.36. The van der Waals surface area contributed by atoms with E-state index in [-0.39, 0.29) is 25.4 Å². The number of rotatable bonds is 4. The lowest BCUT2D eigenvalue weighted by Gasteiger charge is -2.33. The lowest BCUT2D eigenvalue weighted by atomic mass is 10.0. The van der Waals surface area contributed by atoms with E-state index in [1.165, 1.54) is 4.90 Å². The number of likely N-dealkylation sites (tertiary alicyclic amines) is 2. The van der Waals surface area contributed by atoms with E-state index in [0.29, 0.717) is 6.04 Å². The zero-order valence-electron chi connectivity index (χ0n) is 16.6. The molecule has 2 saturated heterocycles. The largest absolute Gasteiger partial charge is 0.382 e. The van der Waals surface area contributed by atoms with Gasteiger partial charge in [-0.05, 0) is 43.5 Å². The molecule has 1 aromatic carbocycles. The zero-order valence-corrected chi connectivity index (χ0v) is 16.6. The van der Waals surface area contributed by atoms with Gasteiger partial charge >= 0.3 is 0 Å². The van der Waals surface area contributed by atoms with Crippen molar-refractivity contribution in [2.45, 2.75) is 44.4 Å². The number of nitrogens with one attached hydrogen (secondary N) is 1. The Kier molecular flexibility index (Phi) is 5.63. The van der Waals surface area contributed by atoms with Gasteiger partial charge in [0.15, 0.2) is 0 Å². The van der Waals surface area contributed by atoms with Crippen LogP contribution in [0.5, 0.6) is 0 Å². The summed E-state index contributed by atoms with van der Waals surface area (Å²) in [7, 11) is 0. The number of halogens is 1. The number of aromatic nitrogens is 1. The Hall–Kier alpha value is -2.72. The van der Waals surface area contributed by atoms with Gasteiger partial charge in [-0.25, -0.2) is 4.39 Å². The summed E-state index contributed by atoms with van der Waals surface area (Å²) < 4.78 is 13.6. The Balaban J connectivity index is 1.33. The average Bonchev–Trinajstić information content (AvgIpc) is 3.13. The van der Waals surface area contributed by atoms with Crippen LogP contribution in [0.4, 0.5) is 10.1 Å². The van der Waals surface area contributed by atoms with Crippen molar-refractivity contribution in [3.8, 4) is 6.07 Å². The molecular formula is C22H26FN5O. The molecule has 4 rings (SSSR count). The van der Waals surface area contributed by atoms with Crippen LogP contribution in [0.25, 0.3) is 10.9 Å². The minimum absolute atomic E-state index is 0.0453. The number of amides is 1. The molecule has 6 nitrogen and oxygen atoms in total. The number of alkyl halides is 1. The van der Waals surface area contributed by atoms with Gasteiger partial charge < -0.3 is 10.2 Å². The lowest BCUT2D eigenvalue weighted by molar-refractivity contribution is -0.132. The standard InChI is InChI=1S/C22H26FN5O/c1-15-4-5-20(19-3-2-8-25-22(15)19)26-17-6-9-27(10-7-17)14-21(29)28-13-16(23)11-18(28)12-24/h2-5,8,16-18,26H,6-7,9-11,13-14H2,1H3/t16-,18?/m0/s1. The number of nitrogens with zero attached hydrogens (tertiary/aromatic N) is 4. The number of hydrogen-bond donors (Lipinski definition) is 1. The lowest BCUT2D eigenvalue weighted by Crippen LogP contribution is -2.46. The van der Waals surface area contributed by atoms with Gasteiger partial charge in [-0.1, -0.05) is 6.07 Å². The summed E-state index contributed by atoms with van der Waals surface area (Å²) in [6.07, 6.45) is 2.72. The average molecular weight is 395 g/mol. The topological polar surface area (TPSA) is 72.3 Å². The van der Waals surface area contributed by atoms with Gasteiger partial charge in [-0.2, -0.15) is 5.26 Å². The van der Waals surface area contributed by atoms with Crippen molar-refractivity contribution in [3.63, 3.8) is 0 Å². The van der Waals surface area contributed by atoms with E-state index in [1.807, 2.05) is 18.3 Å². The molecule has 2 aliphatic rings. The number of carbonyl (C=O) groups excluding carboxylic acids is 1.